The Morgan fingerprint density at radius 2 is 2.00 bits per heavy atom. The van der Waals surface area contributed by atoms with Crippen LogP contribution in [0.15, 0.2) is 24.3 Å². The highest BCUT2D eigenvalue weighted by molar-refractivity contribution is 6.27. The molecule has 0 aliphatic carbocycles. The van der Waals surface area contributed by atoms with E-state index >= 15 is 0 Å². The molecule has 0 radical (unpaired) electrons. The van der Waals surface area contributed by atoms with Gasteiger partial charge in [0.1, 0.15) is 11.7 Å². The van der Waals surface area contributed by atoms with Crippen LogP contribution >= 0.6 is 11.6 Å². The second kappa shape index (κ2) is 6.05. The van der Waals surface area contributed by atoms with Gasteiger partial charge in [-0.15, -0.1) is 11.6 Å². The Kier molecular flexibility index (Phi) is 4.42. The second-order valence-electron chi connectivity index (χ2n) is 4.31. The molecule has 1 saturated heterocycles. The number of carbonyl (C=O) groups excluding carboxylic acids is 1. The van der Waals surface area contributed by atoms with Crippen LogP contribution in [-0.4, -0.2) is 42.9 Å². The predicted octanol–water partition coefficient (Wildman–Crippen LogP) is 2.10. The Balaban J connectivity index is 2.05. The fourth-order valence-electron chi connectivity index (χ4n) is 2.20. The highest BCUT2D eigenvalue weighted by Crippen LogP contribution is 2.20. The summed E-state index contributed by atoms with van der Waals surface area (Å²) in [4.78, 5) is 15.3. The van der Waals surface area contributed by atoms with Gasteiger partial charge in [-0.2, -0.15) is 0 Å². The Morgan fingerprint density at radius 1 is 1.22 bits per heavy atom. The van der Waals surface area contributed by atoms with Crippen molar-refractivity contribution >= 4 is 23.2 Å². The first-order valence-electron chi connectivity index (χ1n) is 6.05. The third kappa shape index (κ3) is 2.93. The second-order valence-corrected chi connectivity index (χ2v) is 4.57. The maximum Gasteiger partial charge on any atom is 0.237 e. The van der Waals surface area contributed by atoms with Crippen molar-refractivity contribution in [2.24, 2.45) is 0 Å². The summed E-state index contributed by atoms with van der Waals surface area (Å²) in [6.45, 7) is 2.69. The van der Waals surface area contributed by atoms with Gasteiger partial charge in [-0.1, -0.05) is 12.1 Å². The van der Waals surface area contributed by atoms with Gasteiger partial charge in [0.25, 0.3) is 0 Å². The standard InChI is InChI=1S/C13H16ClFN2O/c14-10-13(18)17-7-3-6-16(8-9-17)12-5-2-1-4-11(12)15/h1-2,4-5H,3,6-10H2. The zero-order valence-electron chi connectivity index (χ0n) is 10.1. The van der Waals surface area contributed by atoms with E-state index in [0.717, 1.165) is 13.0 Å². The molecule has 0 bridgehead atoms. The summed E-state index contributed by atoms with van der Waals surface area (Å²) in [7, 11) is 0. The van der Waals surface area contributed by atoms with E-state index in [-0.39, 0.29) is 17.6 Å². The van der Waals surface area contributed by atoms with Gasteiger partial charge in [0.15, 0.2) is 0 Å². The number of carbonyl (C=O) groups is 1. The number of halogens is 2. The molecule has 98 valence electrons. The monoisotopic (exact) mass is 270 g/mol. The minimum absolute atomic E-state index is 0.0136. The normalized spacial score (nSPS) is 16.6. The summed E-state index contributed by atoms with van der Waals surface area (Å²) in [6.07, 6.45) is 0.830. The summed E-state index contributed by atoms with van der Waals surface area (Å²) in [5.41, 5.74) is 0.609. The van der Waals surface area contributed by atoms with E-state index in [0.29, 0.717) is 25.3 Å². The minimum atomic E-state index is -0.213. The minimum Gasteiger partial charge on any atom is -0.367 e. The fraction of sp³-hybridized carbons (Fsp3) is 0.462. The maximum atomic E-state index is 13.7. The van der Waals surface area contributed by atoms with Gasteiger partial charge in [0.05, 0.1) is 5.69 Å². The highest BCUT2D eigenvalue weighted by atomic mass is 35.5. The highest BCUT2D eigenvalue weighted by Gasteiger charge is 2.19. The topological polar surface area (TPSA) is 23.6 Å². The molecular weight excluding hydrogens is 255 g/mol. The molecule has 0 atom stereocenters. The molecule has 5 heteroatoms. The quantitative estimate of drug-likeness (QED) is 0.769. The van der Waals surface area contributed by atoms with Crippen LogP contribution in [0, 0.1) is 5.82 Å². The van der Waals surface area contributed by atoms with Crippen molar-refractivity contribution in [3.63, 3.8) is 0 Å². The molecule has 3 nitrogen and oxygen atoms in total. The smallest absolute Gasteiger partial charge is 0.237 e. The van der Waals surface area contributed by atoms with Crippen LogP contribution < -0.4 is 4.90 Å². The Morgan fingerprint density at radius 3 is 2.72 bits per heavy atom. The molecule has 0 spiro atoms. The van der Waals surface area contributed by atoms with E-state index in [4.69, 9.17) is 11.6 Å². The fourth-order valence-corrected chi connectivity index (χ4v) is 2.37. The van der Waals surface area contributed by atoms with Gasteiger partial charge in [-0.25, -0.2) is 4.39 Å². The maximum absolute atomic E-state index is 13.7. The van der Waals surface area contributed by atoms with Gasteiger partial charge >= 0.3 is 0 Å². The summed E-state index contributed by atoms with van der Waals surface area (Å²) < 4.78 is 13.7. The molecule has 2 rings (SSSR count). The molecule has 1 aliphatic heterocycles. The van der Waals surface area contributed by atoms with Crippen LogP contribution in [0.3, 0.4) is 0 Å². The molecule has 0 N–H and O–H groups in total. The lowest BCUT2D eigenvalue weighted by Gasteiger charge is -2.23. The Labute approximate surface area is 111 Å². The number of anilines is 1. The number of alkyl halides is 1. The zero-order chi connectivity index (χ0) is 13.0. The summed E-state index contributed by atoms with van der Waals surface area (Å²) in [6, 6.07) is 6.74. The molecule has 1 heterocycles. The van der Waals surface area contributed by atoms with Gasteiger partial charge < -0.3 is 9.80 Å². The van der Waals surface area contributed by atoms with Crippen molar-refractivity contribution in [3.05, 3.63) is 30.1 Å². The van der Waals surface area contributed by atoms with Crippen LogP contribution in [0.5, 0.6) is 0 Å². The van der Waals surface area contributed by atoms with Gasteiger partial charge in [0, 0.05) is 26.2 Å². The van der Waals surface area contributed by atoms with E-state index < -0.39 is 0 Å². The molecule has 0 aromatic heterocycles. The van der Waals surface area contributed by atoms with E-state index in [9.17, 15) is 9.18 Å². The Bertz CT molecular complexity index is 427. The number of benzene rings is 1. The van der Waals surface area contributed by atoms with Gasteiger partial charge in [0.2, 0.25) is 5.91 Å². The van der Waals surface area contributed by atoms with Crippen molar-refractivity contribution in [1.29, 1.82) is 0 Å². The molecule has 1 fully saturated rings. The molecule has 0 unspecified atom stereocenters. The van der Waals surface area contributed by atoms with Crippen LogP contribution in [0.25, 0.3) is 0 Å². The first-order valence-corrected chi connectivity index (χ1v) is 6.59. The lowest BCUT2D eigenvalue weighted by molar-refractivity contribution is -0.128. The van der Waals surface area contributed by atoms with Crippen molar-refractivity contribution < 1.29 is 9.18 Å². The average molecular weight is 271 g/mol. The predicted molar refractivity (Wildman–Crippen MR) is 70.5 cm³/mol. The lowest BCUT2D eigenvalue weighted by Crippen LogP contribution is -2.36. The van der Waals surface area contributed by atoms with Crippen molar-refractivity contribution in [3.8, 4) is 0 Å². The molecule has 1 aromatic carbocycles. The first kappa shape index (κ1) is 13.1. The molecule has 18 heavy (non-hydrogen) atoms. The first-order chi connectivity index (χ1) is 8.72. The SMILES string of the molecule is O=C(CCl)N1CCCN(c2ccccc2F)CC1. The zero-order valence-corrected chi connectivity index (χ0v) is 10.9. The largest absolute Gasteiger partial charge is 0.367 e. The van der Waals surface area contributed by atoms with Crippen molar-refractivity contribution in [2.45, 2.75) is 6.42 Å². The third-order valence-electron chi connectivity index (χ3n) is 3.16. The lowest BCUT2D eigenvalue weighted by atomic mass is 10.2. The summed E-state index contributed by atoms with van der Waals surface area (Å²) >= 11 is 5.55. The average Bonchev–Trinajstić information content (AvgIpc) is 2.64. The molecule has 0 saturated carbocycles. The van der Waals surface area contributed by atoms with Crippen LogP contribution in [0.4, 0.5) is 10.1 Å². The van der Waals surface area contributed by atoms with E-state index in [1.165, 1.54) is 6.07 Å². The van der Waals surface area contributed by atoms with E-state index in [1.54, 1.807) is 17.0 Å². The number of amides is 1. The summed E-state index contributed by atoms with van der Waals surface area (Å²) in [5, 5.41) is 0. The molecule has 1 aliphatic rings. The van der Waals surface area contributed by atoms with Gasteiger partial charge in [-0.3, -0.25) is 4.79 Å². The van der Waals surface area contributed by atoms with Gasteiger partial charge in [-0.05, 0) is 18.6 Å². The van der Waals surface area contributed by atoms with E-state index in [1.807, 2.05) is 11.0 Å². The molecular formula is C13H16ClFN2O. The number of hydrogen-bond acceptors (Lipinski definition) is 2. The molecule has 1 amide bonds. The van der Waals surface area contributed by atoms with Crippen molar-refractivity contribution in [1.82, 2.24) is 4.90 Å². The van der Waals surface area contributed by atoms with Crippen molar-refractivity contribution in [2.75, 3.05) is 37.0 Å². The number of hydrogen-bond donors (Lipinski definition) is 0. The number of para-hydroxylation sites is 1. The summed E-state index contributed by atoms with van der Waals surface area (Å²) in [5.74, 6) is -0.249. The number of nitrogens with zero attached hydrogens (tertiary/aromatic N) is 2. The third-order valence-corrected chi connectivity index (χ3v) is 3.38. The van der Waals surface area contributed by atoms with Crippen LogP contribution in [0.1, 0.15) is 6.42 Å². The van der Waals surface area contributed by atoms with Crippen LogP contribution in [0.2, 0.25) is 0 Å². The molecule has 1 aromatic rings. The Hall–Kier alpha value is -1.29. The number of rotatable bonds is 2. The van der Waals surface area contributed by atoms with E-state index in [2.05, 4.69) is 0 Å². The van der Waals surface area contributed by atoms with Crippen LogP contribution in [-0.2, 0) is 4.79 Å².